The summed E-state index contributed by atoms with van der Waals surface area (Å²) in [6.45, 7) is 7.66. The molecule has 2 aromatic rings. The molecule has 8 heteroatoms. The smallest absolute Gasteiger partial charge is 0.340 e. The third-order valence-electron chi connectivity index (χ3n) is 3.24. The lowest BCUT2D eigenvalue weighted by Gasteiger charge is -2.12. The molecule has 1 heterocycles. The van der Waals surface area contributed by atoms with Crippen LogP contribution in [0.4, 0.5) is 10.5 Å². The molecule has 0 aliphatic carbocycles. The van der Waals surface area contributed by atoms with Gasteiger partial charge in [0, 0.05) is 12.5 Å². The van der Waals surface area contributed by atoms with Crippen LogP contribution in [-0.2, 0) is 17.8 Å². The quantitative estimate of drug-likeness (QED) is 0.735. The maximum atomic E-state index is 12.3. The Balaban J connectivity index is 1.99. The average Bonchev–Trinajstić information content (AvgIpc) is 2.99. The molecule has 0 saturated carbocycles. The Morgan fingerprint density at radius 2 is 1.92 bits per heavy atom. The number of nitrogens with one attached hydrogen (secondary N) is 2. The molecule has 0 saturated heterocycles. The third kappa shape index (κ3) is 5.87. The number of ether oxygens (including phenoxy) is 1. The number of hydrogen-bond donors (Lipinski definition) is 2. The SMILES string of the molecule is CC(C)Cc1noc(COC(=O)c2ccccc2NC(=O)NC(C)C)n1. The standard InChI is InChI=1S/C18H24N4O4/c1-11(2)9-15-21-16(26-22-15)10-25-17(23)13-7-5-6-8-14(13)20-18(24)19-12(3)4/h5-8,11-12H,9-10H2,1-4H3,(H2,19,20,24). The molecule has 0 aliphatic rings. The van der Waals surface area contributed by atoms with Crippen LogP contribution in [0.1, 0.15) is 49.8 Å². The predicted molar refractivity (Wildman–Crippen MR) is 95.7 cm³/mol. The van der Waals surface area contributed by atoms with E-state index >= 15 is 0 Å². The van der Waals surface area contributed by atoms with Gasteiger partial charge in [-0.2, -0.15) is 4.98 Å². The molecule has 0 spiro atoms. The highest BCUT2D eigenvalue weighted by Crippen LogP contribution is 2.17. The van der Waals surface area contributed by atoms with Crippen molar-refractivity contribution in [3.8, 4) is 0 Å². The van der Waals surface area contributed by atoms with Gasteiger partial charge in [0.05, 0.1) is 11.3 Å². The molecule has 0 aliphatic heterocycles. The molecule has 2 amide bonds. The molecule has 1 aromatic carbocycles. The van der Waals surface area contributed by atoms with Gasteiger partial charge in [-0.3, -0.25) is 0 Å². The van der Waals surface area contributed by atoms with Crippen LogP contribution in [0, 0.1) is 5.92 Å². The van der Waals surface area contributed by atoms with E-state index in [4.69, 9.17) is 9.26 Å². The average molecular weight is 360 g/mol. The normalized spacial score (nSPS) is 10.8. The molecule has 1 aromatic heterocycles. The van der Waals surface area contributed by atoms with Gasteiger partial charge in [-0.05, 0) is 31.9 Å². The monoisotopic (exact) mass is 360 g/mol. The van der Waals surface area contributed by atoms with Crippen molar-refractivity contribution < 1.29 is 18.8 Å². The van der Waals surface area contributed by atoms with Crippen LogP contribution in [0.3, 0.4) is 0 Å². The lowest BCUT2D eigenvalue weighted by atomic mass is 10.1. The maximum absolute atomic E-state index is 12.3. The zero-order valence-corrected chi connectivity index (χ0v) is 15.4. The van der Waals surface area contributed by atoms with Gasteiger partial charge in [-0.1, -0.05) is 31.1 Å². The molecule has 0 unspecified atom stereocenters. The maximum Gasteiger partial charge on any atom is 0.340 e. The molecule has 0 radical (unpaired) electrons. The molecular weight excluding hydrogens is 336 g/mol. The Kier molecular flexibility index (Phi) is 6.71. The van der Waals surface area contributed by atoms with Crippen LogP contribution >= 0.6 is 0 Å². The zero-order chi connectivity index (χ0) is 19.1. The Bertz CT molecular complexity index is 755. The molecule has 2 rings (SSSR count). The predicted octanol–water partition coefficient (Wildman–Crippen LogP) is 3.16. The number of carbonyl (C=O) groups is 2. The van der Waals surface area contributed by atoms with Gasteiger partial charge in [0.25, 0.3) is 5.89 Å². The van der Waals surface area contributed by atoms with Gasteiger partial charge >= 0.3 is 12.0 Å². The fraction of sp³-hybridized carbons (Fsp3) is 0.444. The van der Waals surface area contributed by atoms with Gasteiger partial charge in [0.1, 0.15) is 0 Å². The van der Waals surface area contributed by atoms with Crippen molar-refractivity contribution in [2.24, 2.45) is 5.92 Å². The number of anilines is 1. The van der Waals surface area contributed by atoms with Crippen LogP contribution in [0.5, 0.6) is 0 Å². The number of amides is 2. The van der Waals surface area contributed by atoms with E-state index < -0.39 is 12.0 Å². The van der Waals surface area contributed by atoms with Crippen LogP contribution in [0.15, 0.2) is 28.8 Å². The molecular formula is C18H24N4O4. The number of para-hydroxylation sites is 1. The van der Waals surface area contributed by atoms with Gasteiger partial charge in [0.15, 0.2) is 12.4 Å². The summed E-state index contributed by atoms with van der Waals surface area (Å²) in [6, 6.07) is 6.20. The number of aromatic nitrogens is 2. The van der Waals surface area contributed by atoms with Crippen molar-refractivity contribution in [3.05, 3.63) is 41.5 Å². The van der Waals surface area contributed by atoms with Crippen molar-refractivity contribution in [1.29, 1.82) is 0 Å². The van der Waals surface area contributed by atoms with Crippen molar-refractivity contribution in [2.45, 2.75) is 46.8 Å². The first-order valence-corrected chi connectivity index (χ1v) is 8.50. The van der Waals surface area contributed by atoms with Crippen LogP contribution < -0.4 is 10.6 Å². The highest BCUT2D eigenvalue weighted by Gasteiger charge is 2.16. The molecule has 8 nitrogen and oxygen atoms in total. The van der Waals surface area contributed by atoms with E-state index in [1.54, 1.807) is 24.3 Å². The molecule has 0 atom stereocenters. The third-order valence-corrected chi connectivity index (χ3v) is 3.24. The van der Waals surface area contributed by atoms with Crippen molar-refractivity contribution in [1.82, 2.24) is 15.5 Å². The molecule has 2 N–H and O–H groups in total. The number of rotatable bonds is 7. The Morgan fingerprint density at radius 3 is 2.62 bits per heavy atom. The first kappa shape index (κ1) is 19.4. The fourth-order valence-corrected chi connectivity index (χ4v) is 2.19. The van der Waals surface area contributed by atoms with E-state index in [2.05, 4.69) is 34.6 Å². The number of esters is 1. The Hall–Kier alpha value is -2.90. The van der Waals surface area contributed by atoms with E-state index in [9.17, 15) is 9.59 Å². The van der Waals surface area contributed by atoms with E-state index in [0.29, 0.717) is 23.9 Å². The second-order valence-corrected chi connectivity index (χ2v) is 6.58. The van der Waals surface area contributed by atoms with Crippen molar-refractivity contribution in [3.63, 3.8) is 0 Å². The number of benzene rings is 1. The molecule has 0 bridgehead atoms. The summed E-state index contributed by atoms with van der Waals surface area (Å²) >= 11 is 0. The first-order chi connectivity index (χ1) is 12.3. The minimum Gasteiger partial charge on any atom is -0.452 e. The summed E-state index contributed by atoms with van der Waals surface area (Å²) < 4.78 is 10.3. The van der Waals surface area contributed by atoms with Crippen molar-refractivity contribution >= 4 is 17.7 Å². The highest BCUT2D eigenvalue weighted by atomic mass is 16.6. The Morgan fingerprint density at radius 1 is 1.19 bits per heavy atom. The second-order valence-electron chi connectivity index (χ2n) is 6.58. The molecule has 0 fully saturated rings. The van der Waals surface area contributed by atoms with Gasteiger partial charge in [-0.25, -0.2) is 9.59 Å². The van der Waals surface area contributed by atoms with Gasteiger partial charge in [0.2, 0.25) is 0 Å². The topological polar surface area (TPSA) is 106 Å². The van der Waals surface area contributed by atoms with Gasteiger partial charge < -0.3 is 19.9 Å². The number of urea groups is 1. The summed E-state index contributed by atoms with van der Waals surface area (Å²) in [6.07, 6.45) is 0.690. The lowest BCUT2D eigenvalue weighted by Crippen LogP contribution is -2.34. The van der Waals surface area contributed by atoms with E-state index in [0.717, 1.165) is 0 Å². The molecule has 140 valence electrons. The Labute approximate surface area is 152 Å². The summed E-state index contributed by atoms with van der Waals surface area (Å²) in [5.74, 6) is 0.627. The molecule has 26 heavy (non-hydrogen) atoms. The summed E-state index contributed by atoms with van der Waals surface area (Å²) in [7, 11) is 0. The van der Waals surface area contributed by atoms with Crippen LogP contribution in [0.25, 0.3) is 0 Å². The number of carbonyl (C=O) groups excluding carboxylic acids is 2. The fourth-order valence-electron chi connectivity index (χ4n) is 2.19. The zero-order valence-electron chi connectivity index (χ0n) is 15.4. The number of hydrogen-bond acceptors (Lipinski definition) is 6. The van der Waals surface area contributed by atoms with Crippen LogP contribution in [0.2, 0.25) is 0 Å². The lowest BCUT2D eigenvalue weighted by molar-refractivity contribution is 0.0431. The highest BCUT2D eigenvalue weighted by molar-refractivity contribution is 6.00. The summed E-state index contributed by atoms with van der Waals surface area (Å²) in [5, 5.41) is 9.19. The summed E-state index contributed by atoms with van der Waals surface area (Å²) in [5.41, 5.74) is 0.606. The first-order valence-electron chi connectivity index (χ1n) is 8.50. The minimum atomic E-state index is -0.589. The van der Waals surface area contributed by atoms with E-state index in [-0.39, 0.29) is 24.1 Å². The van der Waals surface area contributed by atoms with Crippen molar-refractivity contribution in [2.75, 3.05) is 5.32 Å². The van der Waals surface area contributed by atoms with E-state index in [1.807, 2.05) is 13.8 Å². The minimum absolute atomic E-state index is 0.0216. The number of nitrogens with zero attached hydrogens (tertiary/aromatic N) is 2. The second kappa shape index (κ2) is 8.98. The largest absolute Gasteiger partial charge is 0.452 e. The van der Waals surface area contributed by atoms with E-state index in [1.165, 1.54) is 0 Å². The van der Waals surface area contributed by atoms with Gasteiger partial charge in [-0.15, -0.1) is 0 Å². The summed E-state index contributed by atoms with van der Waals surface area (Å²) in [4.78, 5) is 28.4. The van der Waals surface area contributed by atoms with Crippen LogP contribution in [-0.4, -0.2) is 28.2 Å².